The topological polar surface area (TPSA) is 102 Å². The standard InChI is InChI=1S/C28H34BN3O4/c1-19(2)15-26(29(35)36)31-27(33)25(17-20-11-12-21-7-3-5-9-23(21)16-20)30-28(34)32-14-13-22-8-4-6-10-24(22)18-32/h3-12,16,19,25-26,35-36H,13-15,17-18H2,1-2H3,(H,30,34)(H,31,33)/t25-,26-/m0/s1. The van der Waals surface area contributed by atoms with Crippen LogP contribution in [-0.4, -0.2) is 52.5 Å². The van der Waals surface area contributed by atoms with E-state index in [0.29, 0.717) is 19.5 Å². The molecule has 4 rings (SSSR count). The molecule has 0 bridgehead atoms. The smallest absolute Gasteiger partial charge is 0.426 e. The number of carbonyl (C=O) groups excluding carboxylic acids is 2. The number of carbonyl (C=O) groups is 2. The minimum atomic E-state index is -1.69. The molecule has 4 N–H and O–H groups in total. The molecule has 0 fully saturated rings. The van der Waals surface area contributed by atoms with Crippen LogP contribution in [0.4, 0.5) is 4.79 Å². The van der Waals surface area contributed by atoms with Gasteiger partial charge in [0.15, 0.2) is 0 Å². The van der Waals surface area contributed by atoms with E-state index < -0.39 is 25.0 Å². The zero-order valence-electron chi connectivity index (χ0n) is 20.9. The zero-order chi connectivity index (χ0) is 25.7. The fourth-order valence-electron chi connectivity index (χ4n) is 4.77. The van der Waals surface area contributed by atoms with Gasteiger partial charge in [-0.2, -0.15) is 0 Å². The highest BCUT2D eigenvalue weighted by molar-refractivity contribution is 6.43. The van der Waals surface area contributed by atoms with Crippen molar-refractivity contribution >= 4 is 29.8 Å². The Morgan fingerprint density at radius 1 is 0.944 bits per heavy atom. The number of rotatable bonds is 8. The maximum Gasteiger partial charge on any atom is 0.475 e. The Labute approximate surface area is 212 Å². The van der Waals surface area contributed by atoms with Gasteiger partial charge in [0.1, 0.15) is 6.04 Å². The first-order valence-electron chi connectivity index (χ1n) is 12.6. The van der Waals surface area contributed by atoms with Gasteiger partial charge in [0.25, 0.3) is 0 Å². The lowest BCUT2D eigenvalue weighted by Crippen LogP contribution is -2.57. The van der Waals surface area contributed by atoms with Crippen LogP contribution in [-0.2, 0) is 24.2 Å². The van der Waals surface area contributed by atoms with Crippen LogP contribution < -0.4 is 10.6 Å². The van der Waals surface area contributed by atoms with Crippen molar-refractivity contribution in [3.05, 3.63) is 83.4 Å². The van der Waals surface area contributed by atoms with Crippen LogP contribution in [0.3, 0.4) is 0 Å². The molecular weight excluding hydrogens is 453 g/mol. The maximum absolute atomic E-state index is 13.4. The summed E-state index contributed by atoms with van der Waals surface area (Å²) in [5, 5.41) is 27.5. The number of amides is 3. The summed E-state index contributed by atoms with van der Waals surface area (Å²) in [6, 6.07) is 20.8. The second-order valence-corrected chi connectivity index (χ2v) is 9.99. The SMILES string of the molecule is CC(C)C[C@H](NC(=O)[C@H](Cc1ccc2ccccc2c1)NC(=O)N1CCc2ccccc2C1)B(O)O. The Bertz CT molecular complexity index is 1220. The summed E-state index contributed by atoms with van der Waals surface area (Å²) in [5.74, 6) is -1.11. The van der Waals surface area contributed by atoms with Gasteiger partial charge in [0.05, 0.1) is 5.94 Å². The van der Waals surface area contributed by atoms with E-state index in [9.17, 15) is 19.6 Å². The molecular formula is C28H34BN3O4. The van der Waals surface area contributed by atoms with Gasteiger partial charge in [-0.25, -0.2) is 4.79 Å². The first-order valence-corrected chi connectivity index (χ1v) is 12.6. The highest BCUT2D eigenvalue weighted by Gasteiger charge is 2.31. The second-order valence-electron chi connectivity index (χ2n) is 9.99. The summed E-state index contributed by atoms with van der Waals surface area (Å²) < 4.78 is 0. The molecule has 36 heavy (non-hydrogen) atoms. The van der Waals surface area contributed by atoms with Crippen molar-refractivity contribution in [2.75, 3.05) is 6.54 Å². The Morgan fingerprint density at radius 3 is 2.36 bits per heavy atom. The molecule has 1 heterocycles. The third kappa shape index (κ3) is 6.44. The fourth-order valence-corrected chi connectivity index (χ4v) is 4.77. The highest BCUT2D eigenvalue weighted by atomic mass is 16.4. The molecule has 0 saturated carbocycles. The van der Waals surface area contributed by atoms with E-state index in [1.165, 1.54) is 5.56 Å². The second kappa shape index (κ2) is 11.6. The molecule has 1 aliphatic rings. The van der Waals surface area contributed by atoms with Gasteiger partial charge in [-0.05, 0) is 46.2 Å². The lowest BCUT2D eigenvalue weighted by Gasteiger charge is -2.31. The molecule has 3 amide bonds. The monoisotopic (exact) mass is 487 g/mol. The van der Waals surface area contributed by atoms with Gasteiger partial charge in [0, 0.05) is 19.5 Å². The summed E-state index contributed by atoms with van der Waals surface area (Å²) in [6.45, 7) is 4.95. The third-order valence-electron chi connectivity index (χ3n) is 6.70. The minimum Gasteiger partial charge on any atom is -0.426 e. The highest BCUT2D eigenvalue weighted by Crippen LogP contribution is 2.20. The number of hydrogen-bond acceptors (Lipinski definition) is 4. The van der Waals surface area contributed by atoms with Crippen LogP contribution in [0, 0.1) is 5.92 Å². The van der Waals surface area contributed by atoms with Crippen molar-refractivity contribution in [2.45, 2.75) is 51.6 Å². The van der Waals surface area contributed by atoms with Crippen LogP contribution >= 0.6 is 0 Å². The quantitative estimate of drug-likeness (QED) is 0.367. The molecule has 2 atom stereocenters. The molecule has 1 aliphatic heterocycles. The number of urea groups is 1. The molecule has 0 aliphatic carbocycles. The van der Waals surface area contributed by atoms with Crippen LogP contribution in [0.2, 0.25) is 0 Å². The van der Waals surface area contributed by atoms with E-state index in [2.05, 4.69) is 16.7 Å². The summed E-state index contributed by atoms with van der Waals surface area (Å²) in [7, 11) is -1.69. The largest absolute Gasteiger partial charge is 0.475 e. The van der Waals surface area contributed by atoms with Gasteiger partial charge in [-0.15, -0.1) is 0 Å². The fraction of sp³-hybridized carbons (Fsp3) is 0.357. The Balaban J connectivity index is 1.53. The average Bonchev–Trinajstić information content (AvgIpc) is 2.87. The van der Waals surface area contributed by atoms with Crippen molar-refractivity contribution < 1.29 is 19.6 Å². The number of fused-ring (bicyclic) bond motifs is 2. The molecule has 8 heteroatoms. The normalized spacial score (nSPS) is 14.8. The van der Waals surface area contributed by atoms with Crippen molar-refractivity contribution in [1.29, 1.82) is 0 Å². The predicted octanol–water partition coefficient (Wildman–Crippen LogP) is 3.06. The van der Waals surface area contributed by atoms with E-state index >= 15 is 0 Å². The predicted molar refractivity (Wildman–Crippen MR) is 142 cm³/mol. The van der Waals surface area contributed by atoms with E-state index in [1.807, 2.05) is 74.5 Å². The van der Waals surface area contributed by atoms with Crippen molar-refractivity contribution in [2.24, 2.45) is 5.92 Å². The summed E-state index contributed by atoms with van der Waals surface area (Å²) in [6.07, 6.45) is 1.45. The molecule has 7 nitrogen and oxygen atoms in total. The minimum absolute atomic E-state index is 0.152. The van der Waals surface area contributed by atoms with Gasteiger partial charge < -0.3 is 25.6 Å². The molecule has 0 saturated heterocycles. The van der Waals surface area contributed by atoms with Crippen LogP contribution in [0.25, 0.3) is 10.8 Å². The molecule has 3 aromatic rings. The van der Waals surface area contributed by atoms with E-state index in [0.717, 1.165) is 28.3 Å². The average molecular weight is 487 g/mol. The third-order valence-corrected chi connectivity index (χ3v) is 6.70. The van der Waals surface area contributed by atoms with E-state index in [4.69, 9.17) is 0 Å². The lowest BCUT2D eigenvalue weighted by atomic mass is 9.75. The first kappa shape index (κ1) is 25.7. The summed E-state index contributed by atoms with van der Waals surface area (Å²) in [5.41, 5.74) is 3.25. The Morgan fingerprint density at radius 2 is 1.64 bits per heavy atom. The van der Waals surface area contributed by atoms with Gasteiger partial charge in [-0.1, -0.05) is 80.6 Å². The van der Waals surface area contributed by atoms with Crippen molar-refractivity contribution in [1.82, 2.24) is 15.5 Å². The Hall–Kier alpha value is -3.36. The van der Waals surface area contributed by atoms with Crippen LogP contribution in [0.5, 0.6) is 0 Å². The number of nitrogens with one attached hydrogen (secondary N) is 2. The van der Waals surface area contributed by atoms with Crippen molar-refractivity contribution in [3.63, 3.8) is 0 Å². The molecule has 0 aromatic heterocycles. The zero-order valence-corrected chi connectivity index (χ0v) is 20.9. The molecule has 3 aromatic carbocycles. The summed E-state index contributed by atoms with van der Waals surface area (Å²) in [4.78, 5) is 28.3. The number of hydrogen-bond donors (Lipinski definition) is 4. The Kier molecular flexibility index (Phi) is 8.28. The van der Waals surface area contributed by atoms with Crippen molar-refractivity contribution in [3.8, 4) is 0 Å². The van der Waals surface area contributed by atoms with Gasteiger partial charge in [0.2, 0.25) is 5.91 Å². The summed E-state index contributed by atoms with van der Waals surface area (Å²) >= 11 is 0. The van der Waals surface area contributed by atoms with Crippen LogP contribution in [0.1, 0.15) is 37.0 Å². The van der Waals surface area contributed by atoms with Gasteiger partial charge in [-0.3, -0.25) is 4.79 Å². The molecule has 0 spiro atoms. The lowest BCUT2D eigenvalue weighted by molar-refractivity contribution is -0.123. The first-order chi connectivity index (χ1) is 17.3. The van der Waals surface area contributed by atoms with E-state index in [-0.39, 0.29) is 18.4 Å². The van der Waals surface area contributed by atoms with E-state index in [1.54, 1.807) is 4.90 Å². The molecule has 0 radical (unpaired) electrons. The van der Waals surface area contributed by atoms with Crippen LogP contribution in [0.15, 0.2) is 66.7 Å². The molecule has 188 valence electrons. The van der Waals surface area contributed by atoms with Gasteiger partial charge >= 0.3 is 13.1 Å². The molecule has 0 unspecified atom stereocenters. The number of benzene rings is 3. The number of nitrogens with zero attached hydrogens (tertiary/aromatic N) is 1. The maximum atomic E-state index is 13.4.